The second kappa shape index (κ2) is 12.8. The Morgan fingerprint density at radius 1 is 1.05 bits per heavy atom. The van der Waals surface area contributed by atoms with E-state index in [4.69, 9.17) is 16.3 Å². The van der Waals surface area contributed by atoms with Crippen molar-refractivity contribution in [2.24, 2.45) is 0 Å². The maximum Gasteiger partial charge on any atom is 0.292 e. The standard InChI is InChI=1S/C27H28ClN5O4/c28-20-9-10-23-22(16-20)26(35)31-11-4-5-14-33(27(36)25-29-12-6-13-30-25)17-24(34)32-21(18-37-23)15-19-7-2-1-3-8-19/h1-3,6-10,12-13,16,21H,4-5,11,14-15,17-18H2,(H,31,35)(H,32,34)/t21-/m1/s1. The van der Waals surface area contributed by atoms with E-state index in [1.54, 1.807) is 24.3 Å². The van der Waals surface area contributed by atoms with Crippen molar-refractivity contribution < 1.29 is 19.1 Å². The molecule has 0 saturated carbocycles. The van der Waals surface area contributed by atoms with E-state index in [0.717, 1.165) is 5.56 Å². The first-order valence-corrected chi connectivity index (χ1v) is 12.5. The second-order valence-electron chi connectivity index (χ2n) is 8.67. The fourth-order valence-corrected chi connectivity index (χ4v) is 4.19. The highest BCUT2D eigenvalue weighted by Gasteiger charge is 2.24. The number of aromatic nitrogens is 2. The van der Waals surface area contributed by atoms with Gasteiger partial charge >= 0.3 is 0 Å². The number of nitrogens with zero attached hydrogens (tertiary/aromatic N) is 3. The lowest BCUT2D eigenvalue weighted by molar-refractivity contribution is -0.122. The first-order valence-electron chi connectivity index (χ1n) is 12.1. The number of rotatable bonds is 3. The molecule has 2 heterocycles. The molecule has 37 heavy (non-hydrogen) atoms. The maximum absolute atomic E-state index is 13.1. The molecule has 1 aliphatic rings. The summed E-state index contributed by atoms with van der Waals surface area (Å²) >= 11 is 6.15. The van der Waals surface area contributed by atoms with Crippen molar-refractivity contribution in [3.63, 3.8) is 0 Å². The van der Waals surface area contributed by atoms with Crippen LogP contribution in [0.1, 0.15) is 39.4 Å². The molecule has 10 heteroatoms. The van der Waals surface area contributed by atoms with Gasteiger partial charge in [0, 0.05) is 30.5 Å². The zero-order valence-corrected chi connectivity index (χ0v) is 21.0. The lowest BCUT2D eigenvalue weighted by Crippen LogP contribution is -2.47. The largest absolute Gasteiger partial charge is 0.491 e. The van der Waals surface area contributed by atoms with Gasteiger partial charge in [-0.25, -0.2) is 9.97 Å². The fraction of sp³-hybridized carbons (Fsp3) is 0.296. The van der Waals surface area contributed by atoms with E-state index >= 15 is 0 Å². The van der Waals surface area contributed by atoms with Gasteiger partial charge in [0.05, 0.1) is 18.2 Å². The molecule has 0 bridgehead atoms. The van der Waals surface area contributed by atoms with E-state index in [-0.39, 0.29) is 30.8 Å². The number of carbonyl (C=O) groups is 3. The Labute approximate surface area is 220 Å². The van der Waals surface area contributed by atoms with Crippen LogP contribution in [0.4, 0.5) is 0 Å². The molecule has 192 valence electrons. The van der Waals surface area contributed by atoms with Crippen LogP contribution in [-0.2, 0) is 11.2 Å². The van der Waals surface area contributed by atoms with E-state index in [1.165, 1.54) is 17.3 Å². The van der Waals surface area contributed by atoms with Crippen molar-refractivity contribution in [2.75, 3.05) is 26.2 Å². The second-order valence-corrected chi connectivity index (χ2v) is 9.10. The minimum atomic E-state index is -0.429. The van der Waals surface area contributed by atoms with Crippen LogP contribution in [0.25, 0.3) is 0 Å². The monoisotopic (exact) mass is 521 g/mol. The van der Waals surface area contributed by atoms with E-state index in [2.05, 4.69) is 20.6 Å². The lowest BCUT2D eigenvalue weighted by Gasteiger charge is -2.24. The highest BCUT2D eigenvalue weighted by atomic mass is 35.5. The number of carbonyl (C=O) groups excluding carboxylic acids is 3. The normalized spacial score (nSPS) is 17.3. The summed E-state index contributed by atoms with van der Waals surface area (Å²) in [7, 11) is 0. The van der Waals surface area contributed by atoms with Crippen LogP contribution >= 0.6 is 11.6 Å². The van der Waals surface area contributed by atoms with Gasteiger partial charge in [-0.3, -0.25) is 14.4 Å². The molecule has 2 aromatic carbocycles. The molecule has 0 aliphatic carbocycles. The zero-order chi connectivity index (χ0) is 26.0. The number of nitrogens with one attached hydrogen (secondary N) is 2. The zero-order valence-electron chi connectivity index (χ0n) is 20.2. The first kappa shape index (κ1) is 26.1. The van der Waals surface area contributed by atoms with Gasteiger partial charge in [-0.05, 0) is 49.1 Å². The van der Waals surface area contributed by atoms with Crippen molar-refractivity contribution >= 4 is 29.3 Å². The Hall–Kier alpha value is -3.98. The molecule has 1 atom stereocenters. The summed E-state index contributed by atoms with van der Waals surface area (Å²) in [5.74, 6) is -0.655. The van der Waals surface area contributed by atoms with Crippen molar-refractivity contribution in [3.8, 4) is 5.75 Å². The van der Waals surface area contributed by atoms with Crippen molar-refractivity contribution in [2.45, 2.75) is 25.3 Å². The van der Waals surface area contributed by atoms with Crippen LogP contribution in [-0.4, -0.2) is 64.9 Å². The van der Waals surface area contributed by atoms with Crippen LogP contribution in [0.3, 0.4) is 0 Å². The van der Waals surface area contributed by atoms with Gasteiger partial charge in [-0.2, -0.15) is 0 Å². The third-order valence-corrected chi connectivity index (χ3v) is 6.07. The Kier molecular flexibility index (Phi) is 9.04. The molecule has 1 aromatic heterocycles. The van der Waals surface area contributed by atoms with Gasteiger partial charge in [0.25, 0.3) is 11.8 Å². The van der Waals surface area contributed by atoms with Gasteiger partial charge in [0.2, 0.25) is 11.7 Å². The molecule has 0 fully saturated rings. The molecule has 9 nitrogen and oxygen atoms in total. The van der Waals surface area contributed by atoms with Crippen molar-refractivity contribution in [1.29, 1.82) is 0 Å². The van der Waals surface area contributed by atoms with Crippen LogP contribution in [0.2, 0.25) is 5.02 Å². The van der Waals surface area contributed by atoms with E-state index < -0.39 is 11.9 Å². The number of benzene rings is 2. The topological polar surface area (TPSA) is 114 Å². The molecular weight excluding hydrogens is 494 g/mol. The summed E-state index contributed by atoms with van der Waals surface area (Å²) < 4.78 is 6.03. The van der Waals surface area contributed by atoms with Crippen LogP contribution in [0, 0.1) is 0 Å². The highest BCUT2D eigenvalue weighted by molar-refractivity contribution is 6.31. The molecule has 3 aromatic rings. The average molecular weight is 522 g/mol. The molecule has 0 saturated heterocycles. The molecule has 0 radical (unpaired) electrons. The highest BCUT2D eigenvalue weighted by Crippen LogP contribution is 2.23. The predicted molar refractivity (Wildman–Crippen MR) is 139 cm³/mol. The number of halogens is 1. The van der Waals surface area contributed by atoms with Gasteiger partial charge in [0.15, 0.2) is 0 Å². The number of fused-ring (bicyclic) bond motifs is 1. The van der Waals surface area contributed by atoms with E-state index in [9.17, 15) is 14.4 Å². The summed E-state index contributed by atoms with van der Waals surface area (Å²) in [6.07, 6.45) is 4.64. The number of hydrogen-bond acceptors (Lipinski definition) is 6. The Bertz CT molecular complexity index is 1230. The van der Waals surface area contributed by atoms with E-state index in [0.29, 0.717) is 48.7 Å². The summed E-state index contributed by atoms with van der Waals surface area (Å²) in [6, 6.07) is 15.8. The quantitative estimate of drug-likeness (QED) is 0.548. The Balaban J connectivity index is 1.58. The van der Waals surface area contributed by atoms with Gasteiger partial charge in [0.1, 0.15) is 12.4 Å². The fourth-order valence-electron chi connectivity index (χ4n) is 4.02. The third kappa shape index (κ3) is 7.50. The van der Waals surface area contributed by atoms with Crippen LogP contribution < -0.4 is 15.4 Å². The molecule has 1 aliphatic heterocycles. The molecule has 2 N–H and O–H groups in total. The Morgan fingerprint density at radius 3 is 2.62 bits per heavy atom. The predicted octanol–water partition coefficient (Wildman–Crippen LogP) is 2.90. The Morgan fingerprint density at radius 2 is 1.84 bits per heavy atom. The van der Waals surface area contributed by atoms with Gasteiger partial charge in [-0.1, -0.05) is 41.9 Å². The first-order chi connectivity index (χ1) is 18.0. The minimum absolute atomic E-state index is 0.0259. The third-order valence-electron chi connectivity index (χ3n) is 5.84. The van der Waals surface area contributed by atoms with Crippen LogP contribution in [0.5, 0.6) is 5.75 Å². The van der Waals surface area contributed by atoms with Crippen molar-refractivity contribution in [3.05, 3.63) is 89.0 Å². The lowest BCUT2D eigenvalue weighted by atomic mass is 10.1. The molecule has 4 rings (SSSR count). The minimum Gasteiger partial charge on any atom is -0.491 e. The van der Waals surface area contributed by atoms with Crippen molar-refractivity contribution in [1.82, 2.24) is 25.5 Å². The van der Waals surface area contributed by atoms with Gasteiger partial charge < -0.3 is 20.3 Å². The van der Waals surface area contributed by atoms with Crippen LogP contribution in [0.15, 0.2) is 67.0 Å². The number of hydrogen-bond donors (Lipinski definition) is 2. The summed E-state index contributed by atoms with van der Waals surface area (Å²) in [4.78, 5) is 48.6. The van der Waals surface area contributed by atoms with Gasteiger partial charge in [-0.15, -0.1) is 0 Å². The summed E-state index contributed by atoms with van der Waals surface area (Å²) in [6.45, 7) is 0.652. The SMILES string of the molecule is O=C1CN(C(=O)c2ncccn2)CCCCNC(=O)c2cc(Cl)ccc2OC[C@@H](Cc2ccccc2)N1. The maximum atomic E-state index is 13.1. The summed E-state index contributed by atoms with van der Waals surface area (Å²) in [5, 5.41) is 6.30. The molecule has 0 spiro atoms. The molecule has 3 amide bonds. The smallest absolute Gasteiger partial charge is 0.292 e. The number of amides is 3. The molecular formula is C27H28ClN5O4. The summed E-state index contributed by atoms with van der Waals surface area (Å²) in [5.41, 5.74) is 1.33. The average Bonchev–Trinajstić information content (AvgIpc) is 2.91. The van der Waals surface area contributed by atoms with E-state index in [1.807, 2.05) is 30.3 Å². The molecule has 0 unspecified atom stereocenters. The number of ether oxygens (including phenoxy) is 1.